The summed E-state index contributed by atoms with van der Waals surface area (Å²) in [6.07, 6.45) is 6.55. The highest BCUT2D eigenvalue weighted by molar-refractivity contribution is 5.56. The average Bonchev–Trinajstić information content (AvgIpc) is 2.44. The number of rotatable bonds is 5. The summed E-state index contributed by atoms with van der Waals surface area (Å²) in [4.78, 5) is 8.76. The lowest BCUT2D eigenvalue weighted by Gasteiger charge is -2.33. The zero-order valence-electron chi connectivity index (χ0n) is 13.2. The maximum absolute atomic E-state index is 4.42. The van der Waals surface area contributed by atoms with E-state index in [0.717, 1.165) is 42.0 Å². The second-order valence-electron chi connectivity index (χ2n) is 6.23. The Hall–Kier alpha value is -1.32. The summed E-state index contributed by atoms with van der Waals surface area (Å²) in [5.41, 5.74) is 1.13. The Morgan fingerprint density at radius 3 is 2.60 bits per heavy atom. The van der Waals surface area contributed by atoms with Gasteiger partial charge in [-0.05, 0) is 44.4 Å². The van der Waals surface area contributed by atoms with E-state index in [0.29, 0.717) is 6.04 Å². The predicted octanol–water partition coefficient (Wildman–Crippen LogP) is 3.84. The van der Waals surface area contributed by atoms with Gasteiger partial charge in [0.25, 0.3) is 0 Å². The molecule has 3 unspecified atom stereocenters. The molecule has 1 heterocycles. The summed E-state index contributed by atoms with van der Waals surface area (Å²) in [6, 6.07) is 0.550. The minimum atomic E-state index is 0.550. The summed E-state index contributed by atoms with van der Waals surface area (Å²) >= 11 is 0. The van der Waals surface area contributed by atoms with Crippen LogP contribution in [0.5, 0.6) is 0 Å². The molecule has 0 saturated heterocycles. The number of aromatic nitrogens is 2. The fraction of sp³-hybridized carbons (Fsp3) is 0.750. The van der Waals surface area contributed by atoms with Crippen LogP contribution in [0.2, 0.25) is 0 Å². The van der Waals surface area contributed by atoms with Crippen LogP contribution in [0.25, 0.3) is 0 Å². The van der Waals surface area contributed by atoms with Gasteiger partial charge in [-0.15, -0.1) is 0 Å². The van der Waals surface area contributed by atoms with E-state index in [2.05, 4.69) is 48.3 Å². The van der Waals surface area contributed by atoms with E-state index in [4.69, 9.17) is 0 Å². The molecule has 4 heteroatoms. The second-order valence-corrected chi connectivity index (χ2v) is 6.23. The van der Waals surface area contributed by atoms with Crippen LogP contribution in [-0.2, 0) is 0 Å². The van der Waals surface area contributed by atoms with E-state index in [9.17, 15) is 0 Å². The first-order valence-corrected chi connectivity index (χ1v) is 7.93. The number of anilines is 2. The number of hydrogen-bond donors (Lipinski definition) is 2. The van der Waals surface area contributed by atoms with Crippen LogP contribution in [0.15, 0.2) is 6.33 Å². The van der Waals surface area contributed by atoms with E-state index >= 15 is 0 Å². The molecule has 0 spiro atoms. The molecular formula is C16H28N4. The predicted molar refractivity (Wildman–Crippen MR) is 85.1 cm³/mol. The molecule has 1 aromatic rings. The molecule has 2 rings (SSSR count). The molecule has 0 amide bonds. The van der Waals surface area contributed by atoms with Crippen LogP contribution in [0, 0.1) is 18.8 Å². The smallest absolute Gasteiger partial charge is 0.134 e. The van der Waals surface area contributed by atoms with E-state index in [1.165, 1.54) is 19.3 Å². The lowest BCUT2D eigenvalue weighted by Crippen LogP contribution is -2.31. The van der Waals surface area contributed by atoms with Gasteiger partial charge >= 0.3 is 0 Å². The topological polar surface area (TPSA) is 49.8 Å². The Labute approximate surface area is 122 Å². The molecule has 112 valence electrons. The standard InChI is InChI=1S/C16H28N4/c1-5-8-17-15-13(4)16(19-10-18-15)20-14-7-6-11(2)12(3)9-14/h10-12,14H,5-9H2,1-4H3,(H2,17,18,19,20). The van der Waals surface area contributed by atoms with Gasteiger partial charge in [0.2, 0.25) is 0 Å². The monoisotopic (exact) mass is 276 g/mol. The third kappa shape index (κ3) is 3.62. The zero-order valence-corrected chi connectivity index (χ0v) is 13.2. The molecule has 0 aliphatic heterocycles. The van der Waals surface area contributed by atoms with E-state index < -0.39 is 0 Å². The largest absolute Gasteiger partial charge is 0.370 e. The Balaban J connectivity index is 2.02. The first kappa shape index (κ1) is 15.1. The fourth-order valence-corrected chi connectivity index (χ4v) is 2.89. The lowest BCUT2D eigenvalue weighted by molar-refractivity contribution is 0.260. The van der Waals surface area contributed by atoms with E-state index in [1.807, 2.05) is 0 Å². The van der Waals surface area contributed by atoms with Crippen molar-refractivity contribution >= 4 is 11.6 Å². The van der Waals surface area contributed by atoms with E-state index in [1.54, 1.807) is 6.33 Å². The van der Waals surface area contributed by atoms with Crippen LogP contribution >= 0.6 is 0 Å². The Kier molecular flexibility index (Phi) is 5.21. The second kappa shape index (κ2) is 6.91. The Morgan fingerprint density at radius 2 is 1.90 bits per heavy atom. The molecular weight excluding hydrogens is 248 g/mol. The van der Waals surface area contributed by atoms with Crippen LogP contribution in [0.4, 0.5) is 11.6 Å². The number of nitrogens with zero attached hydrogens (tertiary/aromatic N) is 2. The van der Waals surface area contributed by atoms with Gasteiger partial charge in [0, 0.05) is 18.2 Å². The molecule has 0 radical (unpaired) electrons. The van der Waals surface area contributed by atoms with Gasteiger partial charge in [-0.25, -0.2) is 9.97 Å². The fourth-order valence-electron chi connectivity index (χ4n) is 2.89. The number of nitrogens with one attached hydrogen (secondary N) is 2. The molecule has 1 aliphatic carbocycles. The van der Waals surface area contributed by atoms with Crippen molar-refractivity contribution in [1.29, 1.82) is 0 Å². The minimum absolute atomic E-state index is 0.550. The summed E-state index contributed by atoms with van der Waals surface area (Å²) < 4.78 is 0. The van der Waals surface area contributed by atoms with Gasteiger partial charge in [0.15, 0.2) is 0 Å². The molecule has 3 atom stereocenters. The van der Waals surface area contributed by atoms with Crippen LogP contribution in [0.1, 0.15) is 52.0 Å². The van der Waals surface area contributed by atoms with Gasteiger partial charge < -0.3 is 10.6 Å². The SMILES string of the molecule is CCCNc1ncnc(NC2CCC(C)C(C)C2)c1C. The average molecular weight is 276 g/mol. The van der Waals surface area contributed by atoms with Crippen molar-refractivity contribution in [3.63, 3.8) is 0 Å². The molecule has 0 bridgehead atoms. The van der Waals surface area contributed by atoms with Crippen molar-refractivity contribution in [3.8, 4) is 0 Å². The van der Waals surface area contributed by atoms with Crippen LogP contribution < -0.4 is 10.6 Å². The molecule has 1 aromatic heterocycles. The first-order chi connectivity index (χ1) is 9.61. The highest BCUT2D eigenvalue weighted by Crippen LogP contribution is 2.31. The van der Waals surface area contributed by atoms with Gasteiger partial charge in [-0.3, -0.25) is 0 Å². The summed E-state index contributed by atoms with van der Waals surface area (Å²) in [6.45, 7) is 9.93. The molecule has 1 saturated carbocycles. The summed E-state index contributed by atoms with van der Waals surface area (Å²) in [7, 11) is 0. The van der Waals surface area contributed by atoms with Crippen LogP contribution in [0.3, 0.4) is 0 Å². The zero-order chi connectivity index (χ0) is 14.5. The van der Waals surface area contributed by atoms with Crippen molar-refractivity contribution in [2.75, 3.05) is 17.2 Å². The highest BCUT2D eigenvalue weighted by Gasteiger charge is 2.25. The first-order valence-electron chi connectivity index (χ1n) is 7.93. The number of hydrogen-bond acceptors (Lipinski definition) is 4. The van der Waals surface area contributed by atoms with Crippen LogP contribution in [-0.4, -0.2) is 22.6 Å². The van der Waals surface area contributed by atoms with Crippen molar-refractivity contribution in [2.45, 2.75) is 59.4 Å². The molecule has 1 aliphatic rings. The minimum Gasteiger partial charge on any atom is -0.370 e. The van der Waals surface area contributed by atoms with Gasteiger partial charge in [-0.2, -0.15) is 0 Å². The molecule has 20 heavy (non-hydrogen) atoms. The summed E-state index contributed by atoms with van der Waals surface area (Å²) in [5.74, 6) is 3.59. The lowest BCUT2D eigenvalue weighted by atomic mass is 9.79. The van der Waals surface area contributed by atoms with Crippen molar-refractivity contribution in [1.82, 2.24) is 9.97 Å². The van der Waals surface area contributed by atoms with Crippen molar-refractivity contribution in [3.05, 3.63) is 11.9 Å². The normalized spacial score (nSPS) is 26.3. The molecule has 1 fully saturated rings. The Bertz CT molecular complexity index is 432. The van der Waals surface area contributed by atoms with Gasteiger partial charge in [-0.1, -0.05) is 20.8 Å². The molecule has 4 nitrogen and oxygen atoms in total. The van der Waals surface area contributed by atoms with Crippen molar-refractivity contribution < 1.29 is 0 Å². The van der Waals surface area contributed by atoms with E-state index in [-0.39, 0.29) is 0 Å². The molecule has 2 N–H and O–H groups in total. The maximum Gasteiger partial charge on any atom is 0.134 e. The third-order valence-electron chi connectivity index (χ3n) is 4.57. The van der Waals surface area contributed by atoms with Gasteiger partial charge in [0.05, 0.1) is 0 Å². The molecule has 0 aromatic carbocycles. The highest BCUT2D eigenvalue weighted by atomic mass is 15.1. The Morgan fingerprint density at radius 1 is 1.15 bits per heavy atom. The van der Waals surface area contributed by atoms with Crippen molar-refractivity contribution in [2.24, 2.45) is 11.8 Å². The third-order valence-corrected chi connectivity index (χ3v) is 4.57. The summed E-state index contributed by atoms with van der Waals surface area (Å²) in [5, 5.41) is 6.99. The van der Waals surface area contributed by atoms with Gasteiger partial charge in [0.1, 0.15) is 18.0 Å². The quantitative estimate of drug-likeness (QED) is 0.858. The maximum atomic E-state index is 4.42.